The van der Waals surface area contributed by atoms with Gasteiger partial charge in [0.05, 0.1) is 0 Å². The first kappa shape index (κ1) is 17.0. The number of hydrogen-bond acceptors (Lipinski definition) is 7. The molecule has 0 spiro atoms. The number of aromatic nitrogens is 2. The predicted molar refractivity (Wildman–Crippen MR) is 86.1 cm³/mol. The maximum atomic E-state index is 8.70. The van der Waals surface area contributed by atoms with Gasteiger partial charge in [0.1, 0.15) is 17.5 Å². The molecule has 1 aromatic rings. The number of aliphatic hydroxyl groups excluding tert-OH is 1. The molecule has 20 heavy (non-hydrogen) atoms. The second kappa shape index (κ2) is 8.28. The molecule has 6 nitrogen and oxygen atoms in total. The number of hydrogen-bond donors (Lipinski definition) is 4. The maximum absolute atomic E-state index is 8.70. The Balaban J connectivity index is 2.56. The van der Waals surface area contributed by atoms with Crippen molar-refractivity contribution in [2.75, 3.05) is 35.4 Å². The van der Waals surface area contributed by atoms with E-state index in [2.05, 4.69) is 41.5 Å². The number of hydrazine groups is 1. The first-order chi connectivity index (χ1) is 9.47. The van der Waals surface area contributed by atoms with Gasteiger partial charge in [-0.05, 0) is 12.2 Å². The number of nitrogens with two attached hydrogens (primary N) is 1. The first-order valence-electron chi connectivity index (χ1n) is 6.76. The molecule has 0 amide bonds. The number of thioether (sulfide) groups is 1. The minimum absolute atomic E-state index is 0.126. The van der Waals surface area contributed by atoms with Crippen molar-refractivity contribution in [3.05, 3.63) is 11.9 Å². The van der Waals surface area contributed by atoms with E-state index >= 15 is 0 Å². The van der Waals surface area contributed by atoms with E-state index in [1.807, 2.05) is 11.8 Å². The summed E-state index contributed by atoms with van der Waals surface area (Å²) in [6, 6.07) is 1.80. The van der Waals surface area contributed by atoms with Crippen LogP contribution in [0.5, 0.6) is 0 Å². The zero-order valence-electron chi connectivity index (χ0n) is 12.4. The molecule has 0 bridgehead atoms. The molecule has 1 heterocycles. The van der Waals surface area contributed by atoms with Crippen LogP contribution >= 0.6 is 11.8 Å². The molecule has 7 heteroatoms. The van der Waals surface area contributed by atoms with E-state index in [0.29, 0.717) is 5.82 Å². The molecule has 0 atom stereocenters. The third-order valence-corrected chi connectivity index (χ3v) is 3.61. The highest BCUT2D eigenvalue weighted by molar-refractivity contribution is 7.99. The zero-order valence-corrected chi connectivity index (χ0v) is 13.3. The number of aliphatic hydroxyl groups is 1. The summed E-state index contributed by atoms with van der Waals surface area (Å²) in [5.74, 6) is 9.54. The minimum Gasteiger partial charge on any atom is -0.396 e. The van der Waals surface area contributed by atoms with Crippen LogP contribution in [0.3, 0.4) is 0 Å². The maximum Gasteiger partial charge on any atom is 0.145 e. The molecule has 0 aliphatic heterocycles. The summed E-state index contributed by atoms with van der Waals surface area (Å²) in [6.07, 6.45) is 0.841. The van der Waals surface area contributed by atoms with Gasteiger partial charge < -0.3 is 15.8 Å². The van der Waals surface area contributed by atoms with E-state index in [1.54, 1.807) is 6.07 Å². The molecule has 0 unspecified atom stereocenters. The second-order valence-electron chi connectivity index (χ2n) is 5.47. The number of nitrogens with one attached hydrogen (secondary N) is 2. The van der Waals surface area contributed by atoms with Crippen LogP contribution < -0.4 is 16.6 Å². The Morgan fingerprint density at radius 1 is 1.25 bits per heavy atom. The predicted octanol–water partition coefficient (Wildman–Crippen LogP) is 1.59. The van der Waals surface area contributed by atoms with Gasteiger partial charge in [-0.2, -0.15) is 11.8 Å². The summed E-state index contributed by atoms with van der Waals surface area (Å²) in [6.45, 7) is 7.28. The van der Waals surface area contributed by atoms with E-state index in [4.69, 9.17) is 10.9 Å². The van der Waals surface area contributed by atoms with Crippen molar-refractivity contribution >= 4 is 23.4 Å². The van der Waals surface area contributed by atoms with Gasteiger partial charge >= 0.3 is 0 Å². The topological polar surface area (TPSA) is 96.1 Å². The zero-order chi connectivity index (χ0) is 15.0. The van der Waals surface area contributed by atoms with Crippen LogP contribution in [0.15, 0.2) is 6.07 Å². The highest BCUT2D eigenvalue weighted by Crippen LogP contribution is 2.21. The van der Waals surface area contributed by atoms with Crippen molar-refractivity contribution in [2.24, 2.45) is 5.84 Å². The normalized spacial score (nSPS) is 11.4. The molecule has 1 aromatic heterocycles. The van der Waals surface area contributed by atoms with Gasteiger partial charge in [-0.25, -0.2) is 15.8 Å². The quantitative estimate of drug-likeness (QED) is 0.329. The van der Waals surface area contributed by atoms with Gasteiger partial charge in [0.25, 0.3) is 0 Å². The van der Waals surface area contributed by atoms with Crippen LogP contribution in [-0.4, -0.2) is 39.7 Å². The lowest BCUT2D eigenvalue weighted by Gasteiger charge is -2.18. The number of anilines is 2. The highest BCUT2D eigenvalue weighted by Gasteiger charge is 2.18. The molecule has 1 rings (SSSR count). The Bertz CT molecular complexity index is 408. The fourth-order valence-corrected chi connectivity index (χ4v) is 2.25. The Morgan fingerprint density at radius 2 is 1.95 bits per heavy atom. The fourth-order valence-electron chi connectivity index (χ4n) is 1.47. The van der Waals surface area contributed by atoms with Crippen LogP contribution in [0.4, 0.5) is 11.6 Å². The SMILES string of the molecule is CC(C)(C)c1nc(NN)cc(NCCSCCCO)n1. The van der Waals surface area contributed by atoms with Crippen LogP contribution in [-0.2, 0) is 5.41 Å². The van der Waals surface area contributed by atoms with Crippen molar-refractivity contribution in [3.8, 4) is 0 Å². The minimum atomic E-state index is -0.126. The van der Waals surface area contributed by atoms with E-state index in [9.17, 15) is 0 Å². The van der Waals surface area contributed by atoms with Crippen LogP contribution in [0, 0.1) is 0 Å². The van der Waals surface area contributed by atoms with Crippen LogP contribution in [0.1, 0.15) is 33.0 Å². The first-order valence-corrected chi connectivity index (χ1v) is 7.91. The van der Waals surface area contributed by atoms with Gasteiger partial charge in [-0.15, -0.1) is 0 Å². The monoisotopic (exact) mass is 299 g/mol. The Morgan fingerprint density at radius 3 is 2.55 bits per heavy atom. The lowest BCUT2D eigenvalue weighted by Crippen LogP contribution is -2.20. The third-order valence-electron chi connectivity index (χ3n) is 2.54. The molecule has 114 valence electrons. The lowest BCUT2D eigenvalue weighted by molar-refractivity contribution is 0.296. The average Bonchev–Trinajstić information content (AvgIpc) is 2.41. The van der Waals surface area contributed by atoms with Crippen molar-refractivity contribution in [1.29, 1.82) is 0 Å². The van der Waals surface area contributed by atoms with E-state index in [1.165, 1.54) is 0 Å². The van der Waals surface area contributed by atoms with Gasteiger partial charge in [0.2, 0.25) is 0 Å². The van der Waals surface area contributed by atoms with Crippen LogP contribution in [0.2, 0.25) is 0 Å². The Labute approximate surface area is 124 Å². The van der Waals surface area contributed by atoms with Gasteiger partial charge in [-0.1, -0.05) is 20.8 Å². The summed E-state index contributed by atoms with van der Waals surface area (Å²) in [5.41, 5.74) is 2.45. The molecule has 5 N–H and O–H groups in total. The second-order valence-corrected chi connectivity index (χ2v) is 6.70. The van der Waals surface area contributed by atoms with E-state index in [0.717, 1.165) is 36.1 Å². The van der Waals surface area contributed by atoms with Crippen LogP contribution in [0.25, 0.3) is 0 Å². The Kier molecular flexibility index (Phi) is 7.04. The summed E-state index contributed by atoms with van der Waals surface area (Å²) in [7, 11) is 0. The lowest BCUT2D eigenvalue weighted by atomic mass is 9.96. The number of nitrogens with zero attached hydrogens (tertiary/aromatic N) is 2. The molecule has 0 radical (unpaired) electrons. The van der Waals surface area contributed by atoms with E-state index < -0.39 is 0 Å². The van der Waals surface area contributed by atoms with Crippen molar-refractivity contribution in [2.45, 2.75) is 32.6 Å². The number of nitrogen functional groups attached to an aromatic ring is 1. The van der Waals surface area contributed by atoms with Crippen molar-refractivity contribution < 1.29 is 5.11 Å². The van der Waals surface area contributed by atoms with Crippen molar-refractivity contribution in [3.63, 3.8) is 0 Å². The molecule has 0 saturated heterocycles. The summed E-state index contributed by atoms with van der Waals surface area (Å²) >= 11 is 1.81. The molecule has 0 saturated carbocycles. The van der Waals surface area contributed by atoms with Gasteiger partial charge in [-0.3, -0.25) is 0 Å². The molecule has 0 aliphatic rings. The Hall–Kier alpha value is -1.05. The molecule has 0 fully saturated rings. The van der Waals surface area contributed by atoms with E-state index in [-0.39, 0.29) is 12.0 Å². The smallest absolute Gasteiger partial charge is 0.145 e. The summed E-state index contributed by atoms with van der Waals surface area (Å²) < 4.78 is 0. The van der Waals surface area contributed by atoms with Gasteiger partial charge in [0.15, 0.2) is 0 Å². The molecule has 0 aromatic carbocycles. The number of rotatable bonds is 8. The highest BCUT2D eigenvalue weighted by atomic mass is 32.2. The molecular formula is C13H25N5OS. The van der Waals surface area contributed by atoms with Gasteiger partial charge in [0, 0.05) is 30.4 Å². The standard InChI is InChI=1S/C13H25N5OS/c1-13(2,3)12-16-10(9-11(17-12)18-14)15-5-8-20-7-4-6-19/h9,19H,4-8,14H2,1-3H3,(H2,15,16,17,18). The van der Waals surface area contributed by atoms with Crippen molar-refractivity contribution in [1.82, 2.24) is 9.97 Å². The molecular weight excluding hydrogens is 274 g/mol. The third kappa shape index (κ3) is 5.94. The summed E-state index contributed by atoms with van der Waals surface area (Å²) in [4.78, 5) is 8.89. The fraction of sp³-hybridized carbons (Fsp3) is 0.692. The summed E-state index contributed by atoms with van der Waals surface area (Å²) in [5, 5.41) is 12.0. The molecule has 0 aliphatic carbocycles. The average molecular weight is 299 g/mol. The largest absolute Gasteiger partial charge is 0.396 e.